The van der Waals surface area contributed by atoms with Gasteiger partial charge < -0.3 is 19.8 Å². The van der Waals surface area contributed by atoms with Crippen LogP contribution >= 0.6 is 11.6 Å². The number of rotatable bonds is 6. The Balaban J connectivity index is 1.51. The lowest BCUT2D eigenvalue weighted by Crippen LogP contribution is -2.18. The van der Waals surface area contributed by atoms with E-state index in [9.17, 15) is 9.18 Å². The van der Waals surface area contributed by atoms with Gasteiger partial charge in [-0.2, -0.15) is 4.98 Å². The van der Waals surface area contributed by atoms with Crippen molar-refractivity contribution in [2.75, 3.05) is 12.4 Å². The molecule has 2 aromatic heterocycles. The molecule has 0 aliphatic rings. The second-order valence-electron chi connectivity index (χ2n) is 6.26. The van der Waals surface area contributed by atoms with E-state index >= 15 is 0 Å². The fourth-order valence-electron chi connectivity index (χ4n) is 2.77. The molecule has 4 aromatic rings. The number of oxazole rings is 1. The predicted molar refractivity (Wildman–Crippen MR) is 110 cm³/mol. The number of carbonyl (C=O) groups excluding carboxylic acids is 1. The smallest absolute Gasteiger partial charge is 0.295 e. The van der Waals surface area contributed by atoms with Crippen molar-refractivity contribution in [3.8, 4) is 11.5 Å². The Morgan fingerprint density at radius 3 is 2.83 bits per heavy atom. The SMILES string of the molecule is CNC(=O)c1cc(Oc2ccc3nc(NCc4c(F)cccc4Cl)oc3c2)ccn1. The van der Waals surface area contributed by atoms with Crippen molar-refractivity contribution < 1.29 is 18.3 Å². The highest BCUT2D eigenvalue weighted by Gasteiger charge is 2.12. The van der Waals surface area contributed by atoms with Crippen LogP contribution in [0.5, 0.6) is 11.5 Å². The molecule has 30 heavy (non-hydrogen) atoms. The Hall–Kier alpha value is -3.65. The van der Waals surface area contributed by atoms with E-state index in [0.717, 1.165) is 0 Å². The van der Waals surface area contributed by atoms with Crippen LogP contribution in [0.25, 0.3) is 11.1 Å². The highest BCUT2D eigenvalue weighted by Crippen LogP contribution is 2.28. The first-order valence-electron chi connectivity index (χ1n) is 8.97. The van der Waals surface area contributed by atoms with Gasteiger partial charge >= 0.3 is 0 Å². The van der Waals surface area contributed by atoms with E-state index in [2.05, 4.69) is 20.6 Å². The molecule has 2 aromatic carbocycles. The van der Waals surface area contributed by atoms with Gasteiger partial charge in [0.25, 0.3) is 11.9 Å². The molecule has 2 heterocycles. The van der Waals surface area contributed by atoms with E-state index in [1.54, 1.807) is 36.4 Å². The molecule has 2 N–H and O–H groups in total. The zero-order valence-corrected chi connectivity index (χ0v) is 16.5. The highest BCUT2D eigenvalue weighted by atomic mass is 35.5. The lowest BCUT2D eigenvalue weighted by Gasteiger charge is -2.06. The monoisotopic (exact) mass is 426 g/mol. The van der Waals surface area contributed by atoms with E-state index in [-0.39, 0.29) is 24.2 Å². The van der Waals surface area contributed by atoms with Crippen LogP contribution in [0, 0.1) is 5.82 Å². The number of ether oxygens (including phenoxy) is 1. The van der Waals surface area contributed by atoms with Crippen molar-refractivity contribution in [3.05, 3.63) is 76.8 Å². The third-order valence-electron chi connectivity index (χ3n) is 4.26. The average molecular weight is 427 g/mol. The summed E-state index contributed by atoms with van der Waals surface area (Å²) in [5, 5.41) is 5.76. The summed E-state index contributed by atoms with van der Waals surface area (Å²) in [5.74, 6) is 0.235. The number of fused-ring (bicyclic) bond motifs is 1. The van der Waals surface area contributed by atoms with Crippen LogP contribution in [0.3, 0.4) is 0 Å². The molecule has 0 fully saturated rings. The first-order valence-corrected chi connectivity index (χ1v) is 9.34. The number of halogens is 2. The molecular weight excluding hydrogens is 411 g/mol. The topological polar surface area (TPSA) is 89.3 Å². The number of hydrogen-bond donors (Lipinski definition) is 2. The van der Waals surface area contributed by atoms with Crippen LogP contribution in [-0.2, 0) is 6.54 Å². The number of benzene rings is 2. The van der Waals surface area contributed by atoms with Gasteiger partial charge in [-0.15, -0.1) is 0 Å². The van der Waals surface area contributed by atoms with Crippen molar-refractivity contribution in [2.24, 2.45) is 0 Å². The number of anilines is 1. The quantitative estimate of drug-likeness (QED) is 0.461. The molecule has 0 bridgehead atoms. The Morgan fingerprint density at radius 2 is 2.03 bits per heavy atom. The van der Waals surface area contributed by atoms with Crippen LogP contribution in [0.1, 0.15) is 16.1 Å². The number of amides is 1. The zero-order valence-electron chi connectivity index (χ0n) is 15.8. The summed E-state index contributed by atoms with van der Waals surface area (Å²) in [5.41, 5.74) is 1.66. The molecule has 1 amide bonds. The number of nitrogens with zero attached hydrogens (tertiary/aromatic N) is 2. The van der Waals surface area contributed by atoms with Crippen molar-refractivity contribution in [1.29, 1.82) is 0 Å². The minimum absolute atomic E-state index is 0.126. The van der Waals surface area contributed by atoms with Crippen LogP contribution < -0.4 is 15.4 Å². The number of carbonyl (C=O) groups is 1. The summed E-state index contributed by atoms with van der Waals surface area (Å²) in [6, 6.07) is 13.0. The molecule has 152 valence electrons. The Kier molecular flexibility index (Phi) is 5.49. The minimum atomic E-state index is -0.407. The molecule has 7 nitrogen and oxygen atoms in total. The van der Waals surface area contributed by atoms with Crippen LogP contribution in [0.4, 0.5) is 10.4 Å². The van der Waals surface area contributed by atoms with Crippen molar-refractivity contribution in [1.82, 2.24) is 15.3 Å². The number of aromatic nitrogens is 2. The lowest BCUT2D eigenvalue weighted by atomic mass is 10.2. The average Bonchev–Trinajstić information content (AvgIpc) is 3.15. The molecule has 0 saturated heterocycles. The molecule has 9 heteroatoms. The summed E-state index contributed by atoms with van der Waals surface area (Å²) in [6.45, 7) is 0.126. The summed E-state index contributed by atoms with van der Waals surface area (Å²) in [4.78, 5) is 20.0. The van der Waals surface area contributed by atoms with E-state index in [4.69, 9.17) is 20.8 Å². The van der Waals surface area contributed by atoms with Crippen LogP contribution in [0.2, 0.25) is 5.02 Å². The van der Waals surface area contributed by atoms with Gasteiger partial charge in [0.05, 0.1) is 0 Å². The van der Waals surface area contributed by atoms with Crippen molar-refractivity contribution in [3.63, 3.8) is 0 Å². The fraction of sp³-hybridized carbons (Fsp3) is 0.0952. The summed E-state index contributed by atoms with van der Waals surface area (Å²) in [7, 11) is 1.53. The Bertz CT molecular complexity index is 1210. The van der Waals surface area contributed by atoms with Gasteiger partial charge in [0.1, 0.15) is 28.5 Å². The van der Waals surface area contributed by atoms with Gasteiger partial charge in [-0.1, -0.05) is 17.7 Å². The standard InChI is InChI=1S/C21H16ClFN4O3/c1-24-20(28)18-9-13(7-8-25-18)29-12-5-6-17-19(10-12)30-21(27-17)26-11-14-15(22)3-2-4-16(14)23/h2-10H,11H2,1H3,(H,24,28)(H,26,27). The van der Waals surface area contributed by atoms with Crippen LogP contribution in [0.15, 0.2) is 59.1 Å². The molecule has 0 saturated carbocycles. The molecule has 0 aliphatic heterocycles. The number of hydrogen-bond acceptors (Lipinski definition) is 6. The summed E-state index contributed by atoms with van der Waals surface area (Å²) in [6.07, 6.45) is 1.49. The fourth-order valence-corrected chi connectivity index (χ4v) is 3.00. The summed E-state index contributed by atoms with van der Waals surface area (Å²) < 4.78 is 25.4. The van der Waals surface area contributed by atoms with Crippen LogP contribution in [-0.4, -0.2) is 22.9 Å². The number of pyridine rings is 1. The lowest BCUT2D eigenvalue weighted by molar-refractivity contribution is 0.0958. The Labute approximate surface area is 175 Å². The van der Waals surface area contributed by atoms with E-state index in [1.807, 2.05) is 0 Å². The molecule has 0 atom stereocenters. The van der Waals surface area contributed by atoms with Gasteiger partial charge in [0, 0.05) is 42.5 Å². The van der Waals surface area contributed by atoms with Crippen molar-refractivity contribution in [2.45, 2.75) is 6.54 Å². The van der Waals surface area contributed by atoms with Gasteiger partial charge in [-0.05, 0) is 30.3 Å². The Morgan fingerprint density at radius 1 is 1.20 bits per heavy atom. The molecule has 0 unspecified atom stereocenters. The maximum absolute atomic E-state index is 13.9. The van der Waals surface area contributed by atoms with E-state index in [1.165, 1.54) is 25.4 Å². The van der Waals surface area contributed by atoms with E-state index < -0.39 is 5.82 Å². The summed E-state index contributed by atoms with van der Waals surface area (Å²) >= 11 is 6.04. The van der Waals surface area contributed by atoms with Gasteiger partial charge in [-0.25, -0.2) is 4.39 Å². The molecule has 0 radical (unpaired) electrons. The van der Waals surface area contributed by atoms with Gasteiger partial charge in [-0.3, -0.25) is 9.78 Å². The second kappa shape index (κ2) is 8.38. The van der Waals surface area contributed by atoms with Gasteiger partial charge in [0.2, 0.25) is 0 Å². The van der Waals surface area contributed by atoms with E-state index in [0.29, 0.717) is 33.2 Å². The molecule has 0 spiro atoms. The predicted octanol–water partition coefficient (Wildman–Crippen LogP) is 4.78. The molecule has 4 rings (SSSR count). The zero-order chi connectivity index (χ0) is 21.1. The molecular formula is C21H16ClFN4O3. The van der Waals surface area contributed by atoms with Gasteiger partial charge in [0.15, 0.2) is 5.58 Å². The maximum Gasteiger partial charge on any atom is 0.295 e. The normalized spacial score (nSPS) is 10.8. The first kappa shape index (κ1) is 19.7. The minimum Gasteiger partial charge on any atom is -0.457 e. The largest absolute Gasteiger partial charge is 0.457 e. The number of nitrogens with one attached hydrogen (secondary N) is 2. The second-order valence-corrected chi connectivity index (χ2v) is 6.67. The third kappa shape index (κ3) is 4.18. The maximum atomic E-state index is 13.9. The van der Waals surface area contributed by atoms with Crippen molar-refractivity contribution >= 4 is 34.6 Å². The first-order chi connectivity index (χ1) is 14.5. The highest BCUT2D eigenvalue weighted by molar-refractivity contribution is 6.31. The third-order valence-corrected chi connectivity index (χ3v) is 4.62. The molecule has 0 aliphatic carbocycles.